The summed E-state index contributed by atoms with van der Waals surface area (Å²) in [6.45, 7) is 3.85. The third kappa shape index (κ3) is 2.36. The summed E-state index contributed by atoms with van der Waals surface area (Å²) in [7, 11) is 0. The van der Waals surface area contributed by atoms with E-state index in [-0.39, 0.29) is 5.91 Å². The van der Waals surface area contributed by atoms with Crippen LogP contribution in [0.2, 0.25) is 0 Å². The second-order valence-corrected chi connectivity index (χ2v) is 5.13. The Labute approximate surface area is 122 Å². The van der Waals surface area contributed by atoms with E-state index in [9.17, 15) is 4.79 Å². The van der Waals surface area contributed by atoms with E-state index in [1.807, 2.05) is 50.2 Å². The van der Waals surface area contributed by atoms with Gasteiger partial charge in [0, 0.05) is 16.8 Å². The van der Waals surface area contributed by atoms with Crippen LogP contribution in [0.4, 0.5) is 11.4 Å². The summed E-state index contributed by atoms with van der Waals surface area (Å²) in [4.78, 5) is 12.5. The van der Waals surface area contributed by atoms with Crippen LogP contribution in [0.3, 0.4) is 0 Å². The molecule has 3 N–H and O–H groups in total. The molecule has 1 aromatic heterocycles. The number of carbonyl (C=O) groups excluding carboxylic acids is 1. The van der Waals surface area contributed by atoms with Crippen molar-refractivity contribution in [3.05, 3.63) is 59.4 Å². The highest BCUT2D eigenvalue weighted by molar-refractivity contribution is 6.12. The van der Waals surface area contributed by atoms with Crippen molar-refractivity contribution >= 4 is 28.3 Å². The average Bonchev–Trinajstić information content (AvgIpc) is 2.86. The molecular formula is C17H16N2O2. The number of carbonyl (C=O) groups is 1. The lowest BCUT2D eigenvalue weighted by molar-refractivity contribution is 0.102. The quantitative estimate of drug-likeness (QED) is 0.700. The van der Waals surface area contributed by atoms with Crippen LogP contribution in [-0.4, -0.2) is 5.91 Å². The summed E-state index contributed by atoms with van der Waals surface area (Å²) in [6.07, 6.45) is 1.49. The number of anilines is 2. The van der Waals surface area contributed by atoms with Gasteiger partial charge in [-0.15, -0.1) is 0 Å². The molecule has 3 rings (SSSR count). The van der Waals surface area contributed by atoms with E-state index >= 15 is 0 Å². The number of para-hydroxylation sites is 1. The van der Waals surface area contributed by atoms with Crippen molar-refractivity contribution in [2.24, 2.45) is 0 Å². The van der Waals surface area contributed by atoms with Crippen LogP contribution in [-0.2, 0) is 0 Å². The topological polar surface area (TPSA) is 68.3 Å². The minimum absolute atomic E-state index is 0.184. The maximum Gasteiger partial charge on any atom is 0.259 e. The van der Waals surface area contributed by atoms with E-state index in [0.29, 0.717) is 16.8 Å². The summed E-state index contributed by atoms with van der Waals surface area (Å²) in [5.41, 5.74) is 10.4. The highest BCUT2D eigenvalue weighted by Crippen LogP contribution is 2.26. The van der Waals surface area contributed by atoms with Gasteiger partial charge in [0.2, 0.25) is 0 Å². The van der Waals surface area contributed by atoms with Crippen molar-refractivity contribution < 1.29 is 9.21 Å². The number of fused-ring (bicyclic) bond motifs is 1. The minimum Gasteiger partial charge on any atom is -0.463 e. The fourth-order valence-electron chi connectivity index (χ4n) is 2.53. The summed E-state index contributed by atoms with van der Waals surface area (Å²) >= 11 is 0. The Morgan fingerprint density at radius 3 is 2.52 bits per heavy atom. The van der Waals surface area contributed by atoms with E-state index in [1.165, 1.54) is 6.26 Å². The number of nitrogen functional groups attached to an aromatic ring is 1. The summed E-state index contributed by atoms with van der Waals surface area (Å²) in [5, 5.41) is 3.75. The Hall–Kier alpha value is -2.75. The van der Waals surface area contributed by atoms with Crippen molar-refractivity contribution in [2.45, 2.75) is 13.8 Å². The fourth-order valence-corrected chi connectivity index (χ4v) is 2.53. The lowest BCUT2D eigenvalue weighted by atomic mass is 10.1. The van der Waals surface area contributed by atoms with Crippen molar-refractivity contribution in [3.63, 3.8) is 0 Å². The third-order valence-corrected chi connectivity index (χ3v) is 3.52. The molecule has 0 fully saturated rings. The normalized spacial score (nSPS) is 10.8. The molecule has 0 aliphatic carbocycles. The smallest absolute Gasteiger partial charge is 0.259 e. The number of aryl methyl sites for hydroxylation is 2. The Morgan fingerprint density at radius 2 is 1.81 bits per heavy atom. The molecule has 106 valence electrons. The van der Waals surface area contributed by atoms with Crippen LogP contribution in [0, 0.1) is 13.8 Å². The molecule has 4 heteroatoms. The Morgan fingerprint density at radius 1 is 1.14 bits per heavy atom. The Bertz CT molecular complexity index is 811. The SMILES string of the molecule is Cc1cc(N)cc(C)c1NC(=O)c1coc2ccccc12. The largest absolute Gasteiger partial charge is 0.463 e. The van der Waals surface area contributed by atoms with Crippen LogP contribution in [0.1, 0.15) is 21.5 Å². The zero-order chi connectivity index (χ0) is 15.0. The molecule has 1 amide bonds. The number of benzene rings is 2. The van der Waals surface area contributed by atoms with Gasteiger partial charge in [0.1, 0.15) is 11.8 Å². The Balaban J connectivity index is 1.97. The predicted molar refractivity (Wildman–Crippen MR) is 84.5 cm³/mol. The first-order chi connectivity index (χ1) is 10.1. The second kappa shape index (κ2) is 4.98. The number of amides is 1. The van der Waals surface area contributed by atoms with E-state index in [1.54, 1.807) is 0 Å². The molecular weight excluding hydrogens is 264 g/mol. The molecule has 1 heterocycles. The van der Waals surface area contributed by atoms with Crippen molar-refractivity contribution in [2.75, 3.05) is 11.1 Å². The van der Waals surface area contributed by atoms with Crippen molar-refractivity contribution in [3.8, 4) is 0 Å². The number of rotatable bonds is 2. The average molecular weight is 280 g/mol. The number of hydrogen-bond acceptors (Lipinski definition) is 3. The van der Waals surface area contributed by atoms with Crippen molar-refractivity contribution in [1.82, 2.24) is 0 Å². The lowest BCUT2D eigenvalue weighted by Gasteiger charge is -2.12. The molecule has 2 aromatic carbocycles. The van der Waals surface area contributed by atoms with Gasteiger partial charge in [-0.1, -0.05) is 18.2 Å². The van der Waals surface area contributed by atoms with Gasteiger partial charge < -0.3 is 15.5 Å². The molecule has 21 heavy (non-hydrogen) atoms. The van der Waals surface area contributed by atoms with Crippen LogP contribution >= 0.6 is 0 Å². The standard InChI is InChI=1S/C17H16N2O2/c1-10-7-12(18)8-11(2)16(10)19-17(20)14-9-21-15-6-4-3-5-13(14)15/h3-9H,18H2,1-2H3,(H,19,20). The summed E-state index contributed by atoms with van der Waals surface area (Å²) in [6, 6.07) is 11.2. The van der Waals surface area contributed by atoms with Gasteiger partial charge in [0.25, 0.3) is 5.91 Å². The highest BCUT2D eigenvalue weighted by Gasteiger charge is 2.15. The minimum atomic E-state index is -0.184. The summed E-state index contributed by atoms with van der Waals surface area (Å²) in [5.74, 6) is -0.184. The molecule has 0 saturated heterocycles. The Kier molecular flexibility index (Phi) is 3.14. The molecule has 0 atom stereocenters. The molecule has 0 bridgehead atoms. The van der Waals surface area contributed by atoms with Crippen LogP contribution < -0.4 is 11.1 Å². The van der Waals surface area contributed by atoms with Crippen LogP contribution in [0.15, 0.2) is 47.1 Å². The maximum absolute atomic E-state index is 12.5. The predicted octanol–water partition coefficient (Wildman–Crippen LogP) is 3.88. The van der Waals surface area contributed by atoms with Gasteiger partial charge in [-0.25, -0.2) is 0 Å². The van der Waals surface area contributed by atoms with E-state index < -0.39 is 0 Å². The number of nitrogens with one attached hydrogen (secondary N) is 1. The lowest BCUT2D eigenvalue weighted by Crippen LogP contribution is -2.13. The van der Waals surface area contributed by atoms with Gasteiger partial charge in [0.15, 0.2) is 0 Å². The molecule has 0 unspecified atom stereocenters. The number of furan rings is 1. The van der Waals surface area contributed by atoms with Gasteiger partial charge in [-0.05, 0) is 43.2 Å². The molecule has 0 aliphatic rings. The first kappa shape index (κ1) is 13.2. The zero-order valence-electron chi connectivity index (χ0n) is 11.9. The van der Waals surface area contributed by atoms with Crippen LogP contribution in [0.25, 0.3) is 11.0 Å². The number of hydrogen-bond donors (Lipinski definition) is 2. The van der Waals surface area contributed by atoms with Gasteiger partial charge >= 0.3 is 0 Å². The summed E-state index contributed by atoms with van der Waals surface area (Å²) < 4.78 is 5.41. The molecule has 4 nitrogen and oxygen atoms in total. The van der Waals surface area contributed by atoms with E-state index in [2.05, 4.69) is 5.32 Å². The number of nitrogens with two attached hydrogens (primary N) is 1. The zero-order valence-corrected chi connectivity index (χ0v) is 11.9. The van der Waals surface area contributed by atoms with Crippen LogP contribution in [0.5, 0.6) is 0 Å². The molecule has 3 aromatic rings. The second-order valence-electron chi connectivity index (χ2n) is 5.13. The third-order valence-electron chi connectivity index (χ3n) is 3.52. The molecule has 0 saturated carbocycles. The van der Waals surface area contributed by atoms with Gasteiger partial charge in [0.05, 0.1) is 5.56 Å². The van der Waals surface area contributed by atoms with Gasteiger partial charge in [-0.2, -0.15) is 0 Å². The van der Waals surface area contributed by atoms with E-state index in [4.69, 9.17) is 10.2 Å². The van der Waals surface area contributed by atoms with Crippen molar-refractivity contribution in [1.29, 1.82) is 0 Å². The first-order valence-corrected chi connectivity index (χ1v) is 6.70. The van der Waals surface area contributed by atoms with Gasteiger partial charge in [-0.3, -0.25) is 4.79 Å². The molecule has 0 aliphatic heterocycles. The maximum atomic E-state index is 12.5. The molecule has 0 spiro atoms. The monoisotopic (exact) mass is 280 g/mol. The first-order valence-electron chi connectivity index (χ1n) is 6.70. The molecule has 0 radical (unpaired) electrons. The fraction of sp³-hybridized carbons (Fsp3) is 0.118. The van der Waals surface area contributed by atoms with E-state index in [0.717, 1.165) is 22.2 Å². The highest BCUT2D eigenvalue weighted by atomic mass is 16.3.